The molecule has 0 bridgehead atoms. The van der Waals surface area contributed by atoms with Gasteiger partial charge < -0.3 is 10.4 Å². The lowest BCUT2D eigenvalue weighted by molar-refractivity contribution is 0.0417. The molecule has 6 nitrogen and oxygen atoms in total. The molecule has 114 valence electrons. The molecular formula is C14H27N5O. The van der Waals surface area contributed by atoms with E-state index < -0.39 is 5.60 Å². The summed E-state index contributed by atoms with van der Waals surface area (Å²) in [4.78, 5) is 2.28. The molecule has 1 saturated heterocycles. The van der Waals surface area contributed by atoms with Crippen LogP contribution in [0.2, 0.25) is 0 Å². The maximum absolute atomic E-state index is 10.8. The number of rotatable bonds is 6. The first kappa shape index (κ1) is 15.4. The van der Waals surface area contributed by atoms with Gasteiger partial charge in [-0.3, -0.25) is 4.90 Å². The van der Waals surface area contributed by atoms with Gasteiger partial charge in [0.05, 0.1) is 6.20 Å². The van der Waals surface area contributed by atoms with Gasteiger partial charge in [0, 0.05) is 38.3 Å². The Hall–Kier alpha value is -0.980. The number of nitrogens with zero attached hydrogens (tertiary/aromatic N) is 4. The first-order valence-corrected chi connectivity index (χ1v) is 7.51. The molecule has 1 fully saturated rings. The average Bonchev–Trinajstić information content (AvgIpc) is 2.96. The number of aromatic nitrogens is 3. The van der Waals surface area contributed by atoms with E-state index in [4.69, 9.17) is 0 Å². The second-order valence-electron chi connectivity index (χ2n) is 6.34. The lowest BCUT2D eigenvalue weighted by Gasteiger charge is -2.21. The van der Waals surface area contributed by atoms with Crippen molar-refractivity contribution >= 4 is 0 Å². The first-order valence-electron chi connectivity index (χ1n) is 7.51. The van der Waals surface area contributed by atoms with Crippen molar-refractivity contribution in [1.29, 1.82) is 0 Å². The number of aliphatic hydroxyl groups is 1. The summed E-state index contributed by atoms with van der Waals surface area (Å²) in [6.07, 6.45) is 2.60. The number of β-amino-alcohol motifs (C(OH)–C–C–N with tert-alkyl or cyclic N) is 1. The van der Waals surface area contributed by atoms with Crippen LogP contribution >= 0.6 is 0 Å². The lowest BCUT2D eigenvalue weighted by atomic mass is 10.00. The first-order chi connectivity index (χ1) is 9.40. The van der Waals surface area contributed by atoms with Crippen LogP contribution in [0, 0.1) is 0 Å². The smallest absolute Gasteiger partial charge is 0.124 e. The van der Waals surface area contributed by atoms with Crippen molar-refractivity contribution in [3.63, 3.8) is 0 Å². The molecule has 1 aromatic heterocycles. The normalized spacial score (nSPS) is 24.1. The van der Waals surface area contributed by atoms with Gasteiger partial charge in [-0.1, -0.05) is 19.1 Å². The van der Waals surface area contributed by atoms with E-state index in [-0.39, 0.29) is 6.04 Å². The van der Waals surface area contributed by atoms with Gasteiger partial charge in [0.2, 0.25) is 0 Å². The summed E-state index contributed by atoms with van der Waals surface area (Å²) in [5, 5.41) is 22.4. The molecule has 0 aromatic carbocycles. The third kappa shape index (κ3) is 3.56. The molecule has 2 N–H and O–H groups in total. The average molecular weight is 281 g/mol. The second-order valence-corrected chi connectivity index (χ2v) is 6.34. The van der Waals surface area contributed by atoms with Crippen molar-refractivity contribution in [2.24, 2.45) is 0 Å². The molecule has 1 atom stereocenters. The lowest BCUT2D eigenvalue weighted by Crippen LogP contribution is -2.36. The molecule has 0 saturated carbocycles. The molecule has 1 unspecified atom stereocenters. The summed E-state index contributed by atoms with van der Waals surface area (Å²) in [6, 6.07) is 0.773. The Morgan fingerprint density at radius 2 is 2.15 bits per heavy atom. The van der Waals surface area contributed by atoms with E-state index in [0.29, 0.717) is 18.3 Å². The summed E-state index contributed by atoms with van der Waals surface area (Å²) >= 11 is 0. The highest BCUT2D eigenvalue weighted by molar-refractivity contribution is 5.11. The van der Waals surface area contributed by atoms with Crippen LogP contribution in [0.5, 0.6) is 0 Å². The Kier molecular flexibility index (Phi) is 4.78. The van der Waals surface area contributed by atoms with Crippen LogP contribution in [0.4, 0.5) is 0 Å². The van der Waals surface area contributed by atoms with Gasteiger partial charge in [-0.15, -0.1) is 5.10 Å². The van der Waals surface area contributed by atoms with Gasteiger partial charge in [-0.2, -0.15) is 0 Å². The van der Waals surface area contributed by atoms with Crippen molar-refractivity contribution in [3.8, 4) is 0 Å². The Morgan fingerprint density at radius 3 is 2.75 bits per heavy atom. The fraction of sp³-hybridized carbons (Fsp3) is 0.857. The van der Waals surface area contributed by atoms with Gasteiger partial charge in [-0.05, 0) is 20.3 Å². The number of hydrogen-bond acceptors (Lipinski definition) is 5. The fourth-order valence-corrected chi connectivity index (χ4v) is 2.52. The summed E-state index contributed by atoms with van der Waals surface area (Å²) in [5.74, 6) is 0. The number of hydrogen-bond donors (Lipinski definition) is 2. The minimum Gasteiger partial charge on any atom is -0.382 e. The third-order valence-corrected chi connectivity index (χ3v) is 3.82. The second kappa shape index (κ2) is 6.20. The Balaban J connectivity index is 1.91. The molecular weight excluding hydrogens is 254 g/mol. The SMILES string of the molecule is CC(C)NCCN1CCC(O)(c2cn(C(C)C)nn2)C1. The van der Waals surface area contributed by atoms with E-state index in [0.717, 1.165) is 26.1 Å². The molecule has 1 aliphatic heterocycles. The van der Waals surface area contributed by atoms with Crippen molar-refractivity contribution in [2.75, 3.05) is 26.2 Å². The van der Waals surface area contributed by atoms with Crippen LogP contribution in [-0.4, -0.2) is 57.2 Å². The van der Waals surface area contributed by atoms with Crippen molar-refractivity contribution in [3.05, 3.63) is 11.9 Å². The molecule has 0 radical (unpaired) electrons. The minimum absolute atomic E-state index is 0.271. The molecule has 0 spiro atoms. The summed E-state index contributed by atoms with van der Waals surface area (Å²) in [6.45, 7) is 11.9. The van der Waals surface area contributed by atoms with Gasteiger partial charge in [0.25, 0.3) is 0 Å². The van der Waals surface area contributed by atoms with Gasteiger partial charge in [0.1, 0.15) is 11.3 Å². The van der Waals surface area contributed by atoms with E-state index in [1.54, 1.807) is 4.68 Å². The highest BCUT2D eigenvalue weighted by Crippen LogP contribution is 2.30. The number of likely N-dealkylation sites (tertiary alicyclic amines) is 1. The van der Waals surface area contributed by atoms with Gasteiger partial charge in [0.15, 0.2) is 0 Å². The van der Waals surface area contributed by atoms with Crippen LogP contribution < -0.4 is 5.32 Å². The fourth-order valence-electron chi connectivity index (χ4n) is 2.52. The van der Waals surface area contributed by atoms with Crippen LogP contribution in [0.15, 0.2) is 6.20 Å². The van der Waals surface area contributed by atoms with Crippen molar-refractivity contribution < 1.29 is 5.11 Å². The van der Waals surface area contributed by atoms with Gasteiger partial charge >= 0.3 is 0 Å². The molecule has 1 aromatic rings. The van der Waals surface area contributed by atoms with E-state index in [1.807, 2.05) is 6.20 Å². The predicted molar refractivity (Wildman–Crippen MR) is 78.5 cm³/mol. The minimum atomic E-state index is -0.842. The third-order valence-electron chi connectivity index (χ3n) is 3.82. The van der Waals surface area contributed by atoms with Crippen molar-refractivity contribution in [1.82, 2.24) is 25.2 Å². The quantitative estimate of drug-likeness (QED) is 0.805. The zero-order valence-corrected chi connectivity index (χ0v) is 13.0. The van der Waals surface area contributed by atoms with E-state index in [2.05, 4.69) is 48.2 Å². The molecule has 1 aliphatic rings. The molecule has 2 rings (SSSR count). The summed E-state index contributed by atoms with van der Waals surface area (Å²) < 4.78 is 1.80. The maximum Gasteiger partial charge on any atom is 0.124 e. The highest BCUT2D eigenvalue weighted by atomic mass is 16.3. The topological polar surface area (TPSA) is 66.2 Å². The van der Waals surface area contributed by atoms with E-state index in [1.165, 1.54) is 0 Å². The predicted octanol–water partition coefficient (Wildman–Crippen LogP) is 0.750. The van der Waals surface area contributed by atoms with Crippen LogP contribution in [0.25, 0.3) is 0 Å². The Labute approximate surface area is 121 Å². The van der Waals surface area contributed by atoms with E-state index >= 15 is 0 Å². The molecule has 6 heteroatoms. The van der Waals surface area contributed by atoms with Gasteiger partial charge in [-0.25, -0.2) is 4.68 Å². The maximum atomic E-state index is 10.8. The molecule has 0 amide bonds. The molecule has 2 heterocycles. The van der Waals surface area contributed by atoms with Crippen LogP contribution in [0.3, 0.4) is 0 Å². The highest BCUT2D eigenvalue weighted by Gasteiger charge is 2.39. The number of nitrogens with one attached hydrogen (secondary N) is 1. The monoisotopic (exact) mass is 281 g/mol. The largest absolute Gasteiger partial charge is 0.382 e. The zero-order valence-electron chi connectivity index (χ0n) is 13.0. The Bertz CT molecular complexity index is 431. The summed E-state index contributed by atoms with van der Waals surface area (Å²) in [5.41, 5.74) is -0.143. The Morgan fingerprint density at radius 1 is 1.40 bits per heavy atom. The molecule has 0 aliphatic carbocycles. The van der Waals surface area contributed by atoms with E-state index in [9.17, 15) is 5.11 Å². The van der Waals surface area contributed by atoms with Crippen LogP contribution in [-0.2, 0) is 5.60 Å². The van der Waals surface area contributed by atoms with Crippen LogP contribution in [0.1, 0.15) is 45.9 Å². The zero-order chi connectivity index (χ0) is 14.8. The standard InChI is InChI=1S/C14H27N5O/c1-11(2)15-6-8-18-7-5-14(20,10-18)13-9-19(12(3)4)17-16-13/h9,11-12,15,20H,5-8,10H2,1-4H3. The summed E-state index contributed by atoms with van der Waals surface area (Å²) in [7, 11) is 0. The van der Waals surface area contributed by atoms with Crippen molar-refractivity contribution in [2.45, 2.75) is 51.8 Å². The molecule has 20 heavy (non-hydrogen) atoms.